The van der Waals surface area contributed by atoms with Crippen molar-refractivity contribution in [3.05, 3.63) is 24.3 Å². The zero-order chi connectivity index (χ0) is 12.7. The van der Waals surface area contributed by atoms with E-state index < -0.39 is 0 Å². The quantitative estimate of drug-likeness (QED) is 0.765. The topological polar surface area (TPSA) is 55.1 Å². The average Bonchev–Trinajstić information content (AvgIpc) is 2.27. The van der Waals surface area contributed by atoms with Gasteiger partial charge in [0.05, 0.1) is 0 Å². The van der Waals surface area contributed by atoms with Gasteiger partial charge in [-0.1, -0.05) is 13.0 Å². The number of carbonyl (C=O) groups is 1. The first-order valence-corrected chi connectivity index (χ1v) is 6.88. The molecular weight excluding hydrogens is 232 g/mol. The van der Waals surface area contributed by atoms with E-state index in [9.17, 15) is 4.79 Å². The van der Waals surface area contributed by atoms with Gasteiger partial charge in [0, 0.05) is 23.0 Å². The van der Waals surface area contributed by atoms with Gasteiger partial charge in [-0.05, 0) is 37.3 Å². The summed E-state index contributed by atoms with van der Waals surface area (Å²) in [6.07, 6.45) is 1.19. The molecule has 3 N–H and O–H groups in total. The fourth-order valence-corrected chi connectivity index (χ4v) is 2.13. The number of hydrogen-bond donors (Lipinski definition) is 2. The number of thioether (sulfide) groups is 1. The largest absolute Gasteiger partial charge is 0.328 e. The predicted octanol–water partition coefficient (Wildman–Crippen LogP) is 2.86. The minimum absolute atomic E-state index is 0.0287. The van der Waals surface area contributed by atoms with Crippen molar-refractivity contribution in [2.24, 2.45) is 5.73 Å². The summed E-state index contributed by atoms with van der Waals surface area (Å²) in [7, 11) is 0. The lowest BCUT2D eigenvalue weighted by Crippen LogP contribution is -2.19. The van der Waals surface area contributed by atoms with Gasteiger partial charge in [-0.15, -0.1) is 11.8 Å². The highest BCUT2D eigenvalue weighted by atomic mass is 32.2. The lowest BCUT2D eigenvalue weighted by Gasteiger charge is -2.08. The van der Waals surface area contributed by atoms with Crippen molar-refractivity contribution in [1.82, 2.24) is 0 Å². The highest BCUT2D eigenvalue weighted by molar-refractivity contribution is 7.99. The molecule has 0 aliphatic carbocycles. The van der Waals surface area contributed by atoms with Crippen molar-refractivity contribution in [3.8, 4) is 0 Å². The standard InChI is InChI=1S/C13H20N2OS/c1-3-17-12-6-4-5-11(9-12)15-13(16)8-7-10(2)14/h4-6,9-10H,3,7-8,14H2,1-2H3,(H,15,16). The molecule has 17 heavy (non-hydrogen) atoms. The summed E-state index contributed by atoms with van der Waals surface area (Å²) in [6.45, 7) is 4.02. The number of amides is 1. The maximum absolute atomic E-state index is 11.6. The lowest BCUT2D eigenvalue weighted by molar-refractivity contribution is -0.116. The van der Waals surface area contributed by atoms with Gasteiger partial charge < -0.3 is 11.1 Å². The van der Waals surface area contributed by atoms with Gasteiger partial charge in [-0.2, -0.15) is 0 Å². The summed E-state index contributed by atoms with van der Waals surface area (Å²) in [5.41, 5.74) is 6.47. The molecule has 4 heteroatoms. The van der Waals surface area contributed by atoms with Crippen molar-refractivity contribution in [3.63, 3.8) is 0 Å². The smallest absolute Gasteiger partial charge is 0.224 e. The van der Waals surface area contributed by atoms with Crippen LogP contribution in [0.25, 0.3) is 0 Å². The Hall–Kier alpha value is -1.00. The van der Waals surface area contributed by atoms with Crippen LogP contribution in [0, 0.1) is 0 Å². The first-order chi connectivity index (χ1) is 8.11. The second-order valence-electron chi connectivity index (χ2n) is 4.02. The zero-order valence-electron chi connectivity index (χ0n) is 10.4. The Bertz CT molecular complexity index is 366. The van der Waals surface area contributed by atoms with Crippen molar-refractivity contribution < 1.29 is 4.79 Å². The second-order valence-corrected chi connectivity index (χ2v) is 5.36. The first-order valence-electron chi connectivity index (χ1n) is 5.90. The van der Waals surface area contributed by atoms with E-state index >= 15 is 0 Å². The van der Waals surface area contributed by atoms with Crippen LogP contribution in [0.15, 0.2) is 29.2 Å². The van der Waals surface area contributed by atoms with E-state index in [2.05, 4.69) is 12.2 Å². The van der Waals surface area contributed by atoms with Crippen molar-refractivity contribution in [2.45, 2.75) is 37.6 Å². The van der Waals surface area contributed by atoms with Gasteiger partial charge in [0.15, 0.2) is 0 Å². The van der Waals surface area contributed by atoms with E-state index in [1.54, 1.807) is 11.8 Å². The van der Waals surface area contributed by atoms with Crippen molar-refractivity contribution in [1.29, 1.82) is 0 Å². The molecule has 3 nitrogen and oxygen atoms in total. The highest BCUT2D eigenvalue weighted by Gasteiger charge is 2.04. The molecule has 94 valence electrons. The Morgan fingerprint density at radius 1 is 1.53 bits per heavy atom. The molecular formula is C13H20N2OS. The van der Waals surface area contributed by atoms with Gasteiger partial charge in [-0.25, -0.2) is 0 Å². The van der Waals surface area contributed by atoms with Crippen LogP contribution in [0.5, 0.6) is 0 Å². The second kappa shape index (κ2) is 7.35. The maximum atomic E-state index is 11.6. The molecule has 0 radical (unpaired) electrons. The van der Waals surface area contributed by atoms with E-state index in [1.165, 1.54) is 4.90 Å². The third-order valence-corrected chi connectivity index (χ3v) is 3.13. The van der Waals surface area contributed by atoms with Crippen LogP contribution in [-0.4, -0.2) is 17.7 Å². The summed E-state index contributed by atoms with van der Waals surface area (Å²) in [6, 6.07) is 7.98. The number of carbonyl (C=O) groups excluding carboxylic acids is 1. The molecule has 0 saturated heterocycles. The van der Waals surface area contributed by atoms with E-state index in [4.69, 9.17) is 5.73 Å². The molecule has 1 amide bonds. The number of rotatable bonds is 6. The third kappa shape index (κ3) is 5.75. The first kappa shape index (κ1) is 14.1. The Balaban J connectivity index is 2.50. The number of benzene rings is 1. The average molecular weight is 252 g/mol. The van der Waals surface area contributed by atoms with E-state index in [1.807, 2.05) is 31.2 Å². The van der Waals surface area contributed by atoms with Gasteiger partial charge in [-0.3, -0.25) is 4.79 Å². The predicted molar refractivity (Wildman–Crippen MR) is 74.4 cm³/mol. The molecule has 0 fully saturated rings. The normalized spacial score (nSPS) is 12.2. The number of nitrogens with two attached hydrogens (primary N) is 1. The summed E-state index contributed by atoms with van der Waals surface area (Å²) in [4.78, 5) is 12.8. The van der Waals surface area contributed by atoms with Crippen LogP contribution < -0.4 is 11.1 Å². The molecule has 0 saturated carbocycles. The molecule has 0 heterocycles. The minimum atomic E-state index is 0.0287. The number of nitrogens with one attached hydrogen (secondary N) is 1. The molecule has 0 aliphatic heterocycles. The molecule has 0 aliphatic rings. The van der Waals surface area contributed by atoms with Crippen LogP contribution in [0.1, 0.15) is 26.7 Å². The van der Waals surface area contributed by atoms with Crippen LogP contribution >= 0.6 is 11.8 Å². The monoisotopic (exact) mass is 252 g/mol. The Morgan fingerprint density at radius 2 is 2.29 bits per heavy atom. The van der Waals surface area contributed by atoms with Crippen LogP contribution in [0.3, 0.4) is 0 Å². The highest BCUT2D eigenvalue weighted by Crippen LogP contribution is 2.21. The van der Waals surface area contributed by atoms with Crippen LogP contribution in [0.2, 0.25) is 0 Å². The van der Waals surface area contributed by atoms with E-state index in [0.717, 1.165) is 17.9 Å². The fraction of sp³-hybridized carbons (Fsp3) is 0.462. The van der Waals surface area contributed by atoms with Crippen molar-refractivity contribution in [2.75, 3.05) is 11.1 Å². The molecule has 0 bridgehead atoms. The fourth-order valence-electron chi connectivity index (χ4n) is 1.41. The molecule has 0 aromatic heterocycles. The third-order valence-electron chi connectivity index (χ3n) is 2.26. The van der Waals surface area contributed by atoms with Gasteiger partial charge in [0.25, 0.3) is 0 Å². The summed E-state index contributed by atoms with van der Waals surface area (Å²) < 4.78 is 0. The summed E-state index contributed by atoms with van der Waals surface area (Å²) in [5.74, 6) is 1.06. The Labute approximate surface area is 107 Å². The van der Waals surface area contributed by atoms with Gasteiger partial charge in [0.1, 0.15) is 0 Å². The van der Waals surface area contributed by atoms with Gasteiger partial charge >= 0.3 is 0 Å². The van der Waals surface area contributed by atoms with E-state index in [-0.39, 0.29) is 11.9 Å². The number of hydrogen-bond acceptors (Lipinski definition) is 3. The van der Waals surface area contributed by atoms with Crippen molar-refractivity contribution >= 4 is 23.4 Å². The summed E-state index contributed by atoms with van der Waals surface area (Å²) in [5, 5.41) is 2.89. The minimum Gasteiger partial charge on any atom is -0.328 e. The zero-order valence-corrected chi connectivity index (χ0v) is 11.2. The summed E-state index contributed by atoms with van der Waals surface area (Å²) >= 11 is 1.76. The molecule has 1 atom stereocenters. The van der Waals surface area contributed by atoms with E-state index in [0.29, 0.717) is 6.42 Å². The SMILES string of the molecule is CCSc1cccc(NC(=O)CCC(C)N)c1. The molecule has 1 unspecified atom stereocenters. The van der Waals surface area contributed by atoms with Crippen LogP contribution in [-0.2, 0) is 4.79 Å². The Morgan fingerprint density at radius 3 is 2.94 bits per heavy atom. The van der Waals surface area contributed by atoms with Gasteiger partial charge in [0.2, 0.25) is 5.91 Å². The lowest BCUT2D eigenvalue weighted by atomic mass is 10.2. The van der Waals surface area contributed by atoms with Crippen LogP contribution in [0.4, 0.5) is 5.69 Å². The molecule has 0 spiro atoms. The molecule has 1 rings (SSSR count). The molecule has 1 aromatic carbocycles. The number of anilines is 1. The Kier molecular flexibility index (Phi) is 6.08. The maximum Gasteiger partial charge on any atom is 0.224 e. The molecule has 1 aromatic rings.